The average Bonchev–Trinajstić information content (AvgIpc) is 3.14. The minimum atomic E-state index is 0.120. The SMILES string of the molecule is CCN(Cc1ccccc1)C(=O)CSc1nnnn1C1CCCCC1. The Labute approximate surface area is 153 Å². The molecule has 0 saturated heterocycles. The van der Waals surface area contributed by atoms with Gasteiger partial charge in [0, 0.05) is 13.1 Å². The van der Waals surface area contributed by atoms with Crippen molar-refractivity contribution in [2.75, 3.05) is 12.3 Å². The Morgan fingerprint density at radius 2 is 2.00 bits per heavy atom. The number of carbonyl (C=O) groups excluding carboxylic acids is 1. The van der Waals surface area contributed by atoms with Gasteiger partial charge in [-0.2, -0.15) is 0 Å². The summed E-state index contributed by atoms with van der Waals surface area (Å²) in [6, 6.07) is 10.5. The summed E-state index contributed by atoms with van der Waals surface area (Å²) in [5, 5.41) is 12.9. The van der Waals surface area contributed by atoms with Gasteiger partial charge in [0.1, 0.15) is 0 Å². The van der Waals surface area contributed by atoms with Crippen molar-refractivity contribution in [1.82, 2.24) is 25.1 Å². The third-order valence-electron chi connectivity index (χ3n) is 4.66. The molecular weight excluding hydrogens is 334 g/mol. The Morgan fingerprint density at radius 3 is 2.72 bits per heavy atom. The molecule has 2 aromatic rings. The molecule has 0 unspecified atom stereocenters. The second-order valence-electron chi connectivity index (χ2n) is 6.38. The quantitative estimate of drug-likeness (QED) is 0.710. The van der Waals surface area contributed by atoms with E-state index in [1.165, 1.54) is 31.0 Å². The van der Waals surface area contributed by atoms with Crippen LogP contribution in [0.3, 0.4) is 0 Å². The first kappa shape index (κ1) is 17.9. The molecule has 7 heteroatoms. The van der Waals surface area contributed by atoms with E-state index in [4.69, 9.17) is 0 Å². The van der Waals surface area contributed by atoms with E-state index in [2.05, 4.69) is 15.5 Å². The molecule has 134 valence electrons. The van der Waals surface area contributed by atoms with Crippen molar-refractivity contribution in [3.8, 4) is 0 Å². The minimum Gasteiger partial charge on any atom is -0.338 e. The lowest BCUT2D eigenvalue weighted by atomic mass is 9.96. The van der Waals surface area contributed by atoms with Crippen molar-refractivity contribution in [2.45, 2.75) is 56.8 Å². The van der Waals surface area contributed by atoms with Gasteiger partial charge in [-0.1, -0.05) is 61.4 Å². The Hall–Kier alpha value is -1.89. The molecule has 1 aromatic heterocycles. The van der Waals surface area contributed by atoms with Crippen LogP contribution in [-0.2, 0) is 11.3 Å². The molecule has 1 aliphatic rings. The highest BCUT2D eigenvalue weighted by Crippen LogP contribution is 2.30. The van der Waals surface area contributed by atoms with E-state index in [1.807, 2.05) is 46.8 Å². The summed E-state index contributed by atoms with van der Waals surface area (Å²) in [5.74, 6) is 0.489. The van der Waals surface area contributed by atoms with Crippen LogP contribution in [0.5, 0.6) is 0 Å². The fourth-order valence-electron chi connectivity index (χ4n) is 3.23. The van der Waals surface area contributed by atoms with Crippen LogP contribution in [0.1, 0.15) is 50.6 Å². The standard InChI is InChI=1S/C18H25N5OS/c1-2-22(13-15-9-5-3-6-10-15)17(24)14-25-18-19-20-21-23(18)16-11-7-4-8-12-16/h3,5-6,9-10,16H,2,4,7-8,11-14H2,1H3. The topological polar surface area (TPSA) is 63.9 Å². The second kappa shape index (κ2) is 8.99. The first-order valence-corrected chi connectivity index (χ1v) is 9.99. The van der Waals surface area contributed by atoms with Crippen LogP contribution in [-0.4, -0.2) is 43.3 Å². The van der Waals surface area contributed by atoms with Crippen LogP contribution in [0.4, 0.5) is 0 Å². The fraction of sp³-hybridized carbons (Fsp3) is 0.556. The van der Waals surface area contributed by atoms with E-state index < -0.39 is 0 Å². The van der Waals surface area contributed by atoms with Gasteiger partial charge in [0.25, 0.3) is 0 Å². The molecule has 0 atom stereocenters. The zero-order valence-electron chi connectivity index (χ0n) is 14.7. The molecule has 6 nitrogen and oxygen atoms in total. The highest BCUT2D eigenvalue weighted by molar-refractivity contribution is 7.99. The lowest BCUT2D eigenvalue weighted by molar-refractivity contribution is -0.128. The van der Waals surface area contributed by atoms with Crippen molar-refractivity contribution >= 4 is 17.7 Å². The van der Waals surface area contributed by atoms with Crippen LogP contribution in [0.2, 0.25) is 0 Å². The molecule has 25 heavy (non-hydrogen) atoms. The molecule has 1 saturated carbocycles. The Balaban J connectivity index is 1.57. The molecule has 0 bridgehead atoms. The Bertz CT molecular complexity index is 669. The van der Waals surface area contributed by atoms with Crippen LogP contribution >= 0.6 is 11.8 Å². The van der Waals surface area contributed by atoms with Gasteiger partial charge in [-0.3, -0.25) is 4.79 Å². The molecule has 3 rings (SSSR count). The van der Waals surface area contributed by atoms with E-state index >= 15 is 0 Å². The van der Waals surface area contributed by atoms with Crippen LogP contribution in [0, 0.1) is 0 Å². The molecule has 0 spiro atoms. The molecule has 1 amide bonds. The first-order valence-electron chi connectivity index (χ1n) is 9.00. The number of benzene rings is 1. The summed E-state index contributed by atoms with van der Waals surface area (Å²) < 4.78 is 1.92. The number of tetrazole rings is 1. The molecule has 1 aliphatic carbocycles. The monoisotopic (exact) mass is 359 g/mol. The van der Waals surface area contributed by atoms with Gasteiger partial charge in [0.2, 0.25) is 11.1 Å². The molecule has 1 aromatic carbocycles. The second-order valence-corrected chi connectivity index (χ2v) is 7.32. The van der Waals surface area contributed by atoms with Gasteiger partial charge in [-0.25, -0.2) is 4.68 Å². The predicted octanol–water partition coefficient (Wildman–Crippen LogP) is 3.32. The lowest BCUT2D eigenvalue weighted by Crippen LogP contribution is -2.31. The van der Waals surface area contributed by atoms with E-state index in [0.717, 1.165) is 23.6 Å². The number of hydrogen-bond acceptors (Lipinski definition) is 5. The van der Waals surface area contributed by atoms with Crippen molar-refractivity contribution < 1.29 is 4.79 Å². The number of rotatable bonds is 7. The van der Waals surface area contributed by atoms with Gasteiger partial charge in [-0.15, -0.1) is 5.10 Å². The summed E-state index contributed by atoms with van der Waals surface area (Å²) in [6.07, 6.45) is 6.01. The summed E-state index contributed by atoms with van der Waals surface area (Å²) >= 11 is 1.45. The number of amides is 1. The summed E-state index contributed by atoms with van der Waals surface area (Å²) in [5.41, 5.74) is 1.15. The highest BCUT2D eigenvalue weighted by atomic mass is 32.2. The van der Waals surface area contributed by atoms with Gasteiger partial charge in [-0.05, 0) is 35.8 Å². The van der Waals surface area contributed by atoms with Gasteiger partial charge < -0.3 is 4.90 Å². The number of aromatic nitrogens is 4. The number of carbonyl (C=O) groups is 1. The Kier molecular flexibility index (Phi) is 6.44. The average molecular weight is 359 g/mol. The lowest BCUT2D eigenvalue weighted by Gasteiger charge is -2.23. The molecule has 1 fully saturated rings. The highest BCUT2D eigenvalue weighted by Gasteiger charge is 2.21. The van der Waals surface area contributed by atoms with Crippen LogP contribution in [0.25, 0.3) is 0 Å². The smallest absolute Gasteiger partial charge is 0.233 e. The number of thioether (sulfide) groups is 1. The van der Waals surface area contributed by atoms with Gasteiger partial charge in [0.05, 0.1) is 11.8 Å². The van der Waals surface area contributed by atoms with Crippen molar-refractivity contribution in [1.29, 1.82) is 0 Å². The normalized spacial score (nSPS) is 15.2. The molecule has 0 radical (unpaired) electrons. The fourth-order valence-corrected chi connectivity index (χ4v) is 4.08. The maximum atomic E-state index is 12.6. The van der Waals surface area contributed by atoms with E-state index in [9.17, 15) is 4.79 Å². The zero-order chi connectivity index (χ0) is 17.5. The molecule has 1 heterocycles. The van der Waals surface area contributed by atoms with E-state index in [1.54, 1.807) is 0 Å². The number of hydrogen-bond donors (Lipinski definition) is 0. The summed E-state index contributed by atoms with van der Waals surface area (Å²) in [4.78, 5) is 14.5. The third kappa shape index (κ3) is 4.81. The maximum absolute atomic E-state index is 12.6. The molecule has 0 N–H and O–H groups in total. The van der Waals surface area contributed by atoms with E-state index in [-0.39, 0.29) is 5.91 Å². The van der Waals surface area contributed by atoms with Gasteiger partial charge >= 0.3 is 0 Å². The molecule has 0 aliphatic heterocycles. The third-order valence-corrected chi connectivity index (χ3v) is 5.58. The van der Waals surface area contributed by atoms with Crippen LogP contribution in [0.15, 0.2) is 35.5 Å². The minimum absolute atomic E-state index is 0.120. The Morgan fingerprint density at radius 1 is 1.24 bits per heavy atom. The van der Waals surface area contributed by atoms with Crippen LogP contribution < -0.4 is 0 Å². The first-order chi connectivity index (χ1) is 12.3. The largest absolute Gasteiger partial charge is 0.338 e. The molecular formula is C18H25N5OS. The predicted molar refractivity (Wildman–Crippen MR) is 98.2 cm³/mol. The van der Waals surface area contributed by atoms with Crippen molar-refractivity contribution in [3.05, 3.63) is 35.9 Å². The summed E-state index contributed by atoms with van der Waals surface area (Å²) in [6.45, 7) is 3.35. The van der Waals surface area contributed by atoms with E-state index in [0.29, 0.717) is 24.9 Å². The van der Waals surface area contributed by atoms with Gasteiger partial charge in [0.15, 0.2) is 0 Å². The summed E-state index contributed by atoms with van der Waals surface area (Å²) in [7, 11) is 0. The zero-order valence-corrected chi connectivity index (χ0v) is 15.5. The number of nitrogens with zero attached hydrogens (tertiary/aromatic N) is 5. The van der Waals surface area contributed by atoms with Crippen molar-refractivity contribution in [2.24, 2.45) is 0 Å². The maximum Gasteiger partial charge on any atom is 0.233 e. The van der Waals surface area contributed by atoms with Crippen molar-refractivity contribution in [3.63, 3.8) is 0 Å².